The van der Waals surface area contributed by atoms with Crippen LogP contribution in [0.2, 0.25) is 0 Å². The summed E-state index contributed by atoms with van der Waals surface area (Å²) in [6, 6.07) is 30.0. The van der Waals surface area contributed by atoms with Crippen LogP contribution >= 0.6 is 0 Å². The molecule has 0 saturated carbocycles. The van der Waals surface area contributed by atoms with Gasteiger partial charge in [-0.3, -0.25) is 0 Å². The summed E-state index contributed by atoms with van der Waals surface area (Å²) in [7, 11) is 0. The molecule has 0 atom stereocenters. The fourth-order valence-electron chi connectivity index (χ4n) is 5.19. The molecule has 0 N–H and O–H groups in total. The Kier molecular flexibility index (Phi) is 6.21. The normalized spacial score (nSPS) is 12.6. The van der Waals surface area contributed by atoms with E-state index in [9.17, 15) is 22.0 Å². The Morgan fingerprint density at radius 1 is 0.250 bits per heavy atom. The first-order valence-electron chi connectivity index (χ1n) is 11.2. The zero-order chi connectivity index (χ0) is 25.4. The van der Waals surface area contributed by atoms with Gasteiger partial charge in [-0.2, -0.15) is 0 Å². The third-order valence-electron chi connectivity index (χ3n) is 6.72. The molecule has 0 aliphatic rings. The van der Waals surface area contributed by atoms with Gasteiger partial charge in [0.2, 0.25) is 0 Å². The first-order valence-corrected chi connectivity index (χ1v) is 17.6. The summed E-state index contributed by atoms with van der Waals surface area (Å²) >= 11 is -5.44. The molecule has 180 valence electrons. The molecule has 0 spiro atoms. The van der Waals surface area contributed by atoms with E-state index < -0.39 is 46.5 Å². The second kappa shape index (κ2) is 9.22. The van der Waals surface area contributed by atoms with Crippen LogP contribution in [0, 0.1) is 29.1 Å². The summed E-state index contributed by atoms with van der Waals surface area (Å²) in [6.07, 6.45) is 0. The fraction of sp³-hybridized carbons (Fsp3) is 0. The Morgan fingerprint density at radius 2 is 0.389 bits per heavy atom. The van der Waals surface area contributed by atoms with Crippen molar-refractivity contribution in [3.05, 3.63) is 150 Å². The molecule has 6 heteroatoms. The molecule has 5 aromatic carbocycles. The second-order valence-electron chi connectivity index (χ2n) is 8.50. The average Bonchev–Trinajstić information content (AvgIpc) is 2.89. The van der Waals surface area contributed by atoms with Crippen molar-refractivity contribution in [1.82, 2.24) is 0 Å². The predicted molar refractivity (Wildman–Crippen MR) is 136 cm³/mol. The number of hydrogen-bond donors (Lipinski definition) is 0. The second-order valence-corrected chi connectivity index (χ2v) is 22.3. The standard InChI is InChI=1S/5C6H4F.Sb/c5*7-6-4-2-1-3-5-6;/h5*2-5H;. The molecule has 0 bridgehead atoms. The summed E-state index contributed by atoms with van der Waals surface area (Å²) in [5, 5.41) is 0. The number of halogens is 5. The van der Waals surface area contributed by atoms with E-state index >= 15 is 0 Å². The molecule has 5 rings (SSSR count). The van der Waals surface area contributed by atoms with E-state index in [0.29, 0.717) is 17.6 Å². The van der Waals surface area contributed by atoms with Crippen molar-refractivity contribution in [2.45, 2.75) is 0 Å². The molecule has 0 aliphatic carbocycles. The Hall–Kier alpha value is -3.43. The molecule has 0 amide bonds. The van der Waals surface area contributed by atoms with Crippen molar-refractivity contribution in [2.75, 3.05) is 0 Å². The first kappa shape index (κ1) is 24.3. The van der Waals surface area contributed by atoms with E-state index in [2.05, 4.69) is 0 Å². The quantitative estimate of drug-likeness (QED) is 0.205. The Morgan fingerprint density at radius 3 is 0.528 bits per heavy atom. The van der Waals surface area contributed by atoms with Gasteiger partial charge in [0.15, 0.2) is 0 Å². The van der Waals surface area contributed by atoms with E-state index in [4.69, 9.17) is 0 Å². The van der Waals surface area contributed by atoms with Gasteiger partial charge in [0.05, 0.1) is 0 Å². The molecular formula is C30H20F5Sb. The van der Waals surface area contributed by atoms with E-state index in [-0.39, 0.29) is 0 Å². The molecule has 0 fully saturated rings. The number of rotatable bonds is 5. The number of hydrogen-bond acceptors (Lipinski definition) is 0. The van der Waals surface area contributed by atoms with Crippen molar-refractivity contribution in [2.24, 2.45) is 0 Å². The maximum atomic E-state index is 14.2. The summed E-state index contributed by atoms with van der Waals surface area (Å²) < 4.78 is 74.8. The molecule has 0 nitrogen and oxygen atoms in total. The van der Waals surface area contributed by atoms with Crippen molar-refractivity contribution in [1.29, 1.82) is 0 Å². The van der Waals surface area contributed by atoms with Gasteiger partial charge < -0.3 is 0 Å². The van der Waals surface area contributed by atoms with Crippen molar-refractivity contribution >= 4 is 34.9 Å². The van der Waals surface area contributed by atoms with Crippen LogP contribution in [-0.2, 0) is 0 Å². The van der Waals surface area contributed by atoms with Crippen LogP contribution in [0.5, 0.6) is 0 Å². The van der Waals surface area contributed by atoms with Crippen molar-refractivity contribution in [3.63, 3.8) is 0 Å². The average molecular weight is 597 g/mol. The van der Waals surface area contributed by atoms with Crippen LogP contribution in [0.15, 0.2) is 121 Å². The minimum atomic E-state index is -5.44. The summed E-state index contributed by atoms with van der Waals surface area (Å²) in [5.74, 6) is -2.27. The van der Waals surface area contributed by atoms with Gasteiger partial charge in [0.25, 0.3) is 0 Å². The monoisotopic (exact) mass is 596 g/mol. The Bertz CT molecular complexity index is 1210. The molecule has 36 heavy (non-hydrogen) atoms. The minimum absolute atomic E-state index is 0.455. The summed E-state index contributed by atoms with van der Waals surface area (Å²) in [4.78, 5) is 0. The topological polar surface area (TPSA) is 0 Å². The predicted octanol–water partition coefficient (Wildman–Crippen LogP) is 4.62. The zero-order valence-corrected chi connectivity index (χ0v) is 21.4. The first-order chi connectivity index (χ1) is 17.3. The van der Waals surface area contributed by atoms with Crippen LogP contribution < -0.4 is 17.6 Å². The van der Waals surface area contributed by atoms with Gasteiger partial charge in [-0.15, -0.1) is 0 Å². The van der Waals surface area contributed by atoms with Gasteiger partial charge >= 0.3 is 207 Å². The van der Waals surface area contributed by atoms with Gasteiger partial charge in [-0.1, -0.05) is 0 Å². The molecular weight excluding hydrogens is 577 g/mol. The molecule has 0 heterocycles. The van der Waals surface area contributed by atoms with E-state index in [1.165, 1.54) is 60.7 Å². The van der Waals surface area contributed by atoms with Gasteiger partial charge in [0.1, 0.15) is 0 Å². The van der Waals surface area contributed by atoms with Gasteiger partial charge in [-0.05, 0) is 0 Å². The number of benzene rings is 5. The van der Waals surface area contributed by atoms with Crippen LogP contribution in [0.3, 0.4) is 0 Å². The van der Waals surface area contributed by atoms with Crippen LogP contribution in [0.25, 0.3) is 0 Å². The third kappa shape index (κ3) is 3.57. The maximum absolute atomic E-state index is 14.2. The molecule has 0 radical (unpaired) electrons. The SMILES string of the molecule is Fc1cc[c]([Sb]([c]2ccc(F)cc2)([c]2ccc(F)cc2)([c]2ccc(F)cc2)[c]2ccc(F)cc2)cc1. The fourth-order valence-corrected chi connectivity index (χ4v) is 24.3. The molecule has 0 aliphatic heterocycles. The molecule has 0 aromatic heterocycles. The van der Waals surface area contributed by atoms with Crippen LogP contribution in [0.1, 0.15) is 0 Å². The van der Waals surface area contributed by atoms with Crippen LogP contribution in [0.4, 0.5) is 22.0 Å². The molecule has 0 saturated heterocycles. The van der Waals surface area contributed by atoms with E-state index in [0.717, 1.165) is 0 Å². The van der Waals surface area contributed by atoms with Crippen molar-refractivity contribution < 1.29 is 22.0 Å². The van der Waals surface area contributed by atoms with E-state index in [1.807, 2.05) is 0 Å². The Balaban J connectivity index is 2.12. The Labute approximate surface area is 206 Å². The third-order valence-corrected chi connectivity index (χ3v) is 25.7. The summed E-state index contributed by atoms with van der Waals surface area (Å²) in [6.45, 7) is 0. The molecule has 5 aromatic rings. The summed E-state index contributed by atoms with van der Waals surface area (Å²) in [5.41, 5.74) is 0. The van der Waals surface area contributed by atoms with Crippen LogP contribution in [-0.4, -0.2) is 17.4 Å². The van der Waals surface area contributed by atoms with Gasteiger partial charge in [0, 0.05) is 0 Å². The van der Waals surface area contributed by atoms with Gasteiger partial charge in [-0.25, -0.2) is 0 Å². The zero-order valence-electron chi connectivity index (χ0n) is 18.9. The van der Waals surface area contributed by atoms with E-state index in [1.54, 1.807) is 60.7 Å². The van der Waals surface area contributed by atoms with Crippen molar-refractivity contribution in [3.8, 4) is 0 Å². The molecule has 0 unspecified atom stereocenters.